The van der Waals surface area contributed by atoms with Crippen molar-refractivity contribution in [3.63, 3.8) is 0 Å². The van der Waals surface area contributed by atoms with Crippen molar-refractivity contribution in [2.75, 3.05) is 11.4 Å². The van der Waals surface area contributed by atoms with Crippen LogP contribution in [0.2, 0.25) is 0 Å². The van der Waals surface area contributed by atoms with Crippen LogP contribution < -0.4 is 4.90 Å². The highest BCUT2D eigenvalue weighted by atomic mass is 16.4. The topological polar surface area (TPSA) is 40.5 Å². The Balaban J connectivity index is 2.00. The number of aliphatic carboxylic acids is 1. The van der Waals surface area contributed by atoms with Gasteiger partial charge in [-0.25, -0.2) is 0 Å². The van der Waals surface area contributed by atoms with Crippen molar-refractivity contribution in [3.8, 4) is 0 Å². The fourth-order valence-corrected chi connectivity index (χ4v) is 3.33. The van der Waals surface area contributed by atoms with Crippen LogP contribution in [0.3, 0.4) is 0 Å². The molecule has 1 fully saturated rings. The molecule has 2 aliphatic rings. The van der Waals surface area contributed by atoms with Crippen LogP contribution >= 0.6 is 0 Å². The largest absolute Gasteiger partial charge is 0.481 e. The van der Waals surface area contributed by atoms with Gasteiger partial charge in [0.15, 0.2) is 0 Å². The lowest BCUT2D eigenvalue weighted by Gasteiger charge is -2.36. The lowest BCUT2D eigenvalue weighted by atomic mass is 9.88. The summed E-state index contributed by atoms with van der Waals surface area (Å²) in [4.78, 5) is 13.6. The quantitative estimate of drug-likeness (QED) is 0.805. The van der Waals surface area contributed by atoms with Crippen LogP contribution in [0.1, 0.15) is 24.0 Å². The van der Waals surface area contributed by atoms with Crippen molar-refractivity contribution >= 4 is 11.7 Å². The fourth-order valence-electron chi connectivity index (χ4n) is 3.33. The molecule has 0 radical (unpaired) electrons. The van der Waals surface area contributed by atoms with Crippen LogP contribution in [-0.4, -0.2) is 23.7 Å². The van der Waals surface area contributed by atoms with E-state index >= 15 is 0 Å². The molecule has 0 aromatic heterocycles. The standard InChI is InChI=1S/C14H17NO2/c1-9-4-2-6-12-11(9)8-13-10(14(16)17)5-3-7-15(12)13/h2,4,6,10,13H,3,5,7-8H2,1H3,(H,16,17). The van der Waals surface area contributed by atoms with Crippen LogP contribution in [-0.2, 0) is 11.2 Å². The van der Waals surface area contributed by atoms with E-state index in [1.807, 2.05) is 0 Å². The predicted molar refractivity (Wildman–Crippen MR) is 66.4 cm³/mol. The van der Waals surface area contributed by atoms with E-state index in [-0.39, 0.29) is 12.0 Å². The van der Waals surface area contributed by atoms with E-state index in [1.165, 1.54) is 16.8 Å². The van der Waals surface area contributed by atoms with Gasteiger partial charge < -0.3 is 10.0 Å². The van der Waals surface area contributed by atoms with E-state index in [4.69, 9.17) is 0 Å². The number of fused-ring (bicyclic) bond motifs is 3. The zero-order valence-electron chi connectivity index (χ0n) is 10.0. The zero-order chi connectivity index (χ0) is 12.0. The Kier molecular flexibility index (Phi) is 2.35. The number of carbonyl (C=O) groups is 1. The Hall–Kier alpha value is -1.51. The second-order valence-electron chi connectivity index (χ2n) is 5.12. The number of carboxylic acids is 1. The first kappa shape index (κ1) is 10.6. The molecule has 3 nitrogen and oxygen atoms in total. The number of hydrogen-bond acceptors (Lipinski definition) is 2. The molecule has 0 aliphatic carbocycles. The normalized spacial score (nSPS) is 26.5. The van der Waals surface area contributed by atoms with Crippen LogP contribution in [0.4, 0.5) is 5.69 Å². The van der Waals surface area contributed by atoms with Gasteiger partial charge in [-0.15, -0.1) is 0 Å². The average molecular weight is 231 g/mol. The van der Waals surface area contributed by atoms with Crippen molar-refractivity contribution < 1.29 is 9.90 Å². The molecule has 0 saturated carbocycles. The molecule has 2 atom stereocenters. The van der Waals surface area contributed by atoms with Gasteiger partial charge in [-0.1, -0.05) is 12.1 Å². The zero-order valence-corrected chi connectivity index (χ0v) is 10.0. The van der Waals surface area contributed by atoms with Gasteiger partial charge in [-0.2, -0.15) is 0 Å². The molecule has 2 unspecified atom stereocenters. The Morgan fingerprint density at radius 1 is 1.47 bits per heavy atom. The van der Waals surface area contributed by atoms with Gasteiger partial charge in [0.1, 0.15) is 0 Å². The Labute approximate surface area is 101 Å². The van der Waals surface area contributed by atoms with Gasteiger partial charge in [0.25, 0.3) is 0 Å². The monoisotopic (exact) mass is 231 g/mol. The SMILES string of the molecule is Cc1cccc2c1CC1C(C(=O)O)CCCN21. The molecule has 1 saturated heterocycles. The van der Waals surface area contributed by atoms with Crippen molar-refractivity contribution in [3.05, 3.63) is 29.3 Å². The molecule has 1 aromatic carbocycles. The minimum absolute atomic E-state index is 0.178. The summed E-state index contributed by atoms with van der Waals surface area (Å²) in [5.74, 6) is -0.833. The van der Waals surface area contributed by atoms with E-state index in [2.05, 4.69) is 30.0 Å². The Morgan fingerprint density at radius 2 is 2.29 bits per heavy atom. The van der Waals surface area contributed by atoms with Crippen molar-refractivity contribution in [2.24, 2.45) is 5.92 Å². The van der Waals surface area contributed by atoms with Crippen LogP contribution in [0.5, 0.6) is 0 Å². The van der Waals surface area contributed by atoms with Gasteiger partial charge in [-0.05, 0) is 43.4 Å². The Morgan fingerprint density at radius 3 is 3.06 bits per heavy atom. The highest BCUT2D eigenvalue weighted by Gasteiger charge is 2.41. The van der Waals surface area contributed by atoms with Crippen LogP contribution in [0, 0.1) is 12.8 Å². The molecular formula is C14H17NO2. The number of benzene rings is 1. The first-order valence-electron chi connectivity index (χ1n) is 6.26. The number of hydrogen-bond donors (Lipinski definition) is 1. The molecule has 0 bridgehead atoms. The highest BCUT2D eigenvalue weighted by Crippen LogP contribution is 2.40. The smallest absolute Gasteiger partial charge is 0.308 e. The molecule has 2 aliphatic heterocycles. The number of nitrogens with zero attached hydrogens (tertiary/aromatic N) is 1. The van der Waals surface area contributed by atoms with Crippen molar-refractivity contribution in [2.45, 2.75) is 32.2 Å². The van der Waals surface area contributed by atoms with Gasteiger partial charge in [-0.3, -0.25) is 4.79 Å². The lowest BCUT2D eigenvalue weighted by Crippen LogP contribution is -2.46. The summed E-state index contributed by atoms with van der Waals surface area (Å²) >= 11 is 0. The molecule has 0 amide bonds. The van der Waals surface area contributed by atoms with Gasteiger partial charge in [0, 0.05) is 18.3 Å². The first-order valence-corrected chi connectivity index (χ1v) is 6.26. The van der Waals surface area contributed by atoms with E-state index < -0.39 is 5.97 Å². The highest BCUT2D eigenvalue weighted by molar-refractivity contribution is 5.74. The minimum Gasteiger partial charge on any atom is -0.481 e. The number of rotatable bonds is 1. The molecule has 3 heteroatoms. The van der Waals surface area contributed by atoms with E-state index in [0.717, 1.165) is 25.8 Å². The van der Waals surface area contributed by atoms with Gasteiger partial charge in [0.2, 0.25) is 0 Å². The summed E-state index contributed by atoms with van der Waals surface area (Å²) in [7, 11) is 0. The van der Waals surface area contributed by atoms with Crippen molar-refractivity contribution in [1.29, 1.82) is 0 Å². The first-order chi connectivity index (χ1) is 8.18. The molecule has 90 valence electrons. The lowest BCUT2D eigenvalue weighted by molar-refractivity contribution is -0.143. The summed E-state index contributed by atoms with van der Waals surface area (Å²) in [5.41, 5.74) is 3.91. The predicted octanol–water partition coefficient (Wildman–Crippen LogP) is 2.22. The number of piperidine rings is 1. The summed E-state index contributed by atoms with van der Waals surface area (Å²) in [6, 6.07) is 6.50. The summed E-state index contributed by atoms with van der Waals surface area (Å²) in [6.07, 6.45) is 2.71. The summed E-state index contributed by atoms with van der Waals surface area (Å²) in [5, 5.41) is 9.31. The average Bonchev–Trinajstić information content (AvgIpc) is 2.69. The molecule has 1 aromatic rings. The number of aryl methyl sites for hydroxylation is 1. The van der Waals surface area contributed by atoms with Crippen LogP contribution in [0.15, 0.2) is 18.2 Å². The molecule has 1 N–H and O–H groups in total. The number of anilines is 1. The van der Waals surface area contributed by atoms with Gasteiger partial charge >= 0.3 is 5.97 Å². The van der Waals surface area contributed by atoms with Gasteiger partial charge in [0.05, 0.1) is 5.92 Å². The second-order valence-corrected chi connectivity index (χ2v) is 5.12. The maximum atomic E-state index is 11.3. The molecular weight excluding hydrogens is 214 g/mol. The minimum atomic E-state index is -0.634. The third-order valence-electron chi connectivity index (χ3n) is 4.20. The molecule has 0 spiro atoms. The number of carboxylic acid groups (broad SMARTS) is 1. The van der Waals surface area contributed by atoms with Crippen molar-refractivity contribution in [1.82, 2.24) is 0 Å². The summed E-state index contributed by atoms with van der Waals surface area (Å²) in [6.45, 7) is 3.12. The molecule has 17 heavy (non-hydrogen) atoms. The van der Waals surface area contributed by atoms with E-state index in [9.17, 15) is 9.90 Å². The fraction of sp³-hybridized carbons (Fsp3) is 0.500. The Bertz CT molecular complexity index is 469. The molecule has 2 heterocycles. The molecule has 3 rings (SSSR count). The maximum absolute atomic E-state index is 11.3. The van der Waals surface area contributed by atoms with E-state index in [0.29, 0.717) is 0 Å². The van der Waals surface area contributed by atoms with E-state index in [1.54, 1.807) is 0 Å². The third kappa shape index (κ3) is 1.53. The third-order valence-corrected chi connectivity index (χ3v) is 4.20. The second kappa shape index (κ2) is 3.76. The van der Waals surface area contributed by atoms with Crippen LogP contribution in [0.25, 0.3) is 0 Å². The maximum Gasteiger partial charge on any atom is 0.308 e. The summed E-state index contributed by atoms with van der Waals surface area (Å²) < 4.78 is 0.